The Morgan fingerprint density at radius 1 is 1.28 bits per heavy atom. The molecule has 0 saturated heterocycles. The van der Waals surface area contributed by atoms with Gasteiger partial charge < -0.3 is 9.30 Å². The van der Waals surface area contributed by atoms with Gasteiger partial charge in [0.05, 0.1) is 5.56 Å². The summed E-state index contributed by atoms with van der Waals surface area (Å²) in [5, 5.41) is 10.8. The highest BCUT2D eigenvalue weighted by atomic mass is 35.5. The van der Waals surface area contributed by atoms with Crippen molar-refractivity contribution in [3.8, 4) is 17.6 Å². The van der Waals surface area contributed by atoms with Crippen molar-refractivity contribution in [1.82, 2.24) is 9.55 Å². The molecular weight excluding hydrogens is 406 g/mol. The third-order valence-electron chi connectivity index (χ3n) is 4.39. The Labute approximate surface area is 178 Å². The fraction of sp³-hybridized carbons (Fsp3) is 0.227. The van der Waals surface area contributed by atoms with Crippen LogP contribution in [0, 0.1) is 18.3 Å². The average Bonchev–Trinajstić information content (AvgIpc) is 2.71. The molecule has 5 nitrogen and oxygen atoms in total. The quantitative estimate of drug-likeness (QED) is 0.398. The minimum Gasteiger partial charge on any atom is -0.456 e. The molecule has 1 heterocycles. The van der Waals surface area contributed by atoms with Crippen LogP contribution < -0.4 is 10.3 Å². The first-order valence-electron chi connectivity index (χ1n) is 9.07. The van der Waals surface area contributed by atoms with E-state index in [4.69, 9.17) is 16.3 Å². The van der Waals surface area contributed by atoms with E-state index in [0.717, 1.165) is 11.1 Å². The number of rotatable bonds is 6. The van der Waals surface area contributed by atoms with Crippen LogP contribution in [0.3, 0.4) is 0 Å². The molecule has 0 saturated carbocycles. The van der Waals surface area contributed by atoms with E-state index in [-0.39, 0.29) is 5.56 Å². The largest absolute Gasteiger partial charge is 0.456 e. The van der Waals surface area contributed by atoms with Gasteiger partial charge in [-0.05, 0) is 54.8 Å². The molecule has 0 aliphatic heterocycles. The highest BCUT2D eigenvalue weighted by Gasteiger charge is 2.10. The van der Waals surface area contributed by atoms with Crippen molar-refractivity contribution in [1.29, 1.82) is 5.26 Å². The van der Waals surface area contributed by atoms with Gasteiger partial charge in [-0.25, -0.2) is 0 Å². The Balaban J connectivity index is 1.77. The van der Waals surface area contributed by atoms with Gasteiger partial charge in [-0.3, -0.25) is 4.79 Å². The molecule has 0 unspecified atom stereocenters. The van der Waals surface area contributed by atoms with Crippen molar-refractivity contribution in [3.05, 3.63) is 80.2 Å². The molecular formula is C22H20ClN3O2S. The third-order valence-corrected chi connectivity index (χ3v) is 5.93. The summed E-state index contributed by atoms with van der Waals surface area (Å²) in [6, 6.07) is 13.0. The smallest absolute Gasteiger partial charge is 0.276 e. The number of aryl methyl sites for hydroxylation is 3. The summed E-state index contributed by atoms with van der Waals surface area (Å²) in [6.45, 7) is 3.83. The maximum atomic E-state index is 12.0. The van der Waals surface area contributed by atoms with E-state index in [1.807, 2.05) is 43.8 Å². The molecule has 0 radical (unpaired) electrons. The van der Waals surface area contributed by atoms with Crippen molar-refractivity contribution in [2.75, 3.05) is 0 Å². The predicted molar refractivity (Wildman–Crippen MR) is 116 cm³/mol. The molecule has 0 aliphatic rings. The lowest BCUT2D eigenvalue weighted by Crippen LogP contribution is -2.17. The van der Waals surface area contributed by atoms with E-state index in [1.165, 1.54) is 11.8 Å². The lowest BCUT2D eigenvalue weighted by atomic mass is 10.1. The molecule has 2 aromatic carbocycles. The molecule has 1 aromatic heterocycles. The van der Waals surface area contributed by atoms with E-state index >= 15 is 0 Å². The van der Waals surface area contributed by atoms with E-state index in [2.05, 4.69) is 11.1 Å². The summed E-state index contributed by atoms with van der Waals surface area (Å²) < 4.78 is 7.73. The Bertz CT molecular complexity index is 1150. The van der Waals surface area contributed by atoms with E-state index in [9.17, 15) is 10.1 Å². The van der Waals surface area contributed by atoms with Gasteiger partial charge in [0.1, 0.15) is 17.6 Å². The first kappa shape index (κ1) is 21.0. The average molecular weight is 426 g/mol. The highest BCUT2D eigenvalue weighted by Crippen LogP contribution is 2.30. The summed E-state index contributed by atoms with van der Waals surface area (Å²) in [6.07, 6.45) is 2.48. The molecule has 0 atom stereocenters. The SMILES string of the molecule is CCc1cn(C)c(SCc2ccc(Oc3ccc(Cl)c(C)c3)c(C#N)c2)nc1=O. The molecule has 3 rings (SSSR count). The molecule has 3 aromatic rings. The lowest BCUT2D eigenvalue weighted by Gasteiger charge is -2.11. The number of aromatic nitrogens is 2. The summed E-state index contributed by atoms with van der Waals surface area (Å²) >= 11 is 7.50. The normalized spacial score (nSPS) is 10.6. The summed E-state index contributed by atoms with van der Waals surface area (Å²) in [5.41, 5.74) is 2.80. The Morgan fingerprint density at radius 2 is 2.07 bits per heavy atom. The van der Waals surface area contributed by atoms with Gasteiger partial charge in [-0.1, -0.05) is 36.4 Å². The molecule has 0 bridgehead atoms. The van der Waals surface area contributed by atoms with Crippen molar-refractivity contribution in [2.45, 2.75) is 31.2 Å². The van der Waals surface area contributed by atoms with Gasteiger partial charge in [0.25, 0.3) is 5.56 Å². The molecule has 29 heavy (non-hydrogen) atoms. The molecule has 7 heteroatoms. The Morgan fingerprint density at radius 3 is 2.76 bits per heavy atom. The maximum absolute atomic E-state index is 12.0. The second-order valence-electron chi connectivity index (χ2n) is 6.56. The van der Waals surface area contributed by atoms with Crippen LogP contribution in [-0.2, 0) is 19.2 Å². The first-order valence-corrected chi connectivity index (χ1v) is 10.4. The van der Waals surface area contributed by atoms with Gasteiger partial charge in [0.2, 0.25) is 0 Å². The summed E-state index contributed by atoms with van der Waals surface area (Å²) in [4.78, 5) is 16.2. The van der Waals surface area contributed by atoms with Gasteiger partial charge in [0, 0.05) is 29.6 Å². The molecule has 0 amide bonds. The Hall–Kier alpha value is -2.75. The minimum atomic E-state index is -0.187. The van der Waals surface area contributed by atoms with Crippen LogP contribution in [0.2, 0.25) is 5.02 Å². The zero-order chi connectivity index (χ0) is 21.0. The fourth-order valence-electron chi connectivity index (χ4n) is 2.76. The van der Waals surface area contributed by atoms with Gasteiger partial charge in [-0.2, -0.15) is 10.2 Å². The zero-order valence-electron chi connectivity index (χ0n) is 16.4. The summed E-state index contributed by atoms with van der Waals surface area (Å²) in [5.74, 6) is 1.70. The first-order chi connectivity index (χ1) is 13.9. The van der Waals surface area contributed by atoms with Crippen molar-refractivity contribution >= 4 is 23.4 Å². The number of hydrogen-bond donors (Lipinski definition) is 0. The number of benzene rings is 2. The van der Waals surface area contributed by atoms with Gasteiger partial charge >= 0.3 is 0 Å². The monoisotopic (exact) mass is 425 g/mol. The second kappa shape index (κ2) is 9.17. The number of nitrogens with zero attached hydrogens (tertiary/aromatic N) is 3. The Kier molecular flexibility index (Phi) is 6.63. The van der Waals surface area contributed by atoms with E-state index in [1.54, 1.807) is 24.3 Å². The van der Waals surface area contributed by atoms with Crippen LogP contribution in [0.1, 0.15) is 29.2 Å². The topological polar surface area (TPSA) is 67.9 Å². The highest BCUT2D eigenvalue weighted by molar-refractivity contribution is 7.98. The molecule has 0 spiro atoms. The van der Waals surface area contributed by atoms with Gasteiger partial charge in [-0.15, -0.1) is 0 Å². The molecule has 0 N–H and O–H groups in total. The van der Waals surface area contributed by atoms with Crippen molar-refractivity contribution in [3.63, 3.8) is 0 Å². The molecule has 0 aliphatic carbocycles. The zero-order valence-corrected chi connectivity index (χ0v) is 18.0. The van der Waals surface area contributed by atoms with Crippen LogP contribution in [0.15, 0.2) is 52.5 Å². The predicted octanol–water partition coefficient (Wildman–Crippen LogP) is 5.26. The molecule has 0 fully saturated rings. The number of hydrogen-bond acceptors (Lipinski definition) is 5. The number of halogens is 1. The number of ether oxygens (including phenoxy) is 1. The van der Waals surface area contributed by atoms with Crippen LogP contribution in [-0.4, -0.2) is 9.55 Å². The van der Waals surface area contributed by atoms with Crippen molar-refractivity contribution in [2.24, 2.45) is 7.05 Å². The minimum absolute atomic E-state index is 0.187. The van der Waals surface area contributed by atoms with Crippen LogP contribution >= 0.6 is 23.4 Å². The van der Waals surface area contributed by atoms with E-state index < -0.39 is 0 Å². The third kappa shape index (κ3) is 5.00. The fourth-order valence-corrected chi connectivity index (χ4v) is 3.75. The number of nitriles is 1. The van der Waals surface area contributed by atoms with Crippen LogP contribution in [0.5, 0.6) is 11.5 Å². The lowest BCUT2D eigenvalue weighted by molar-refractivity contribution is 0.480. The van der Waals surface area contributed by atoms with Crippen LogP contribution in [0.4, 0.5) is 0 Å². The van der Waals surface area contributed by atoms with Crippen molar-refractivity contribution < 1.29 is 4.74 Å². The van der Waals surface area contributed by atoms with Gasteiger partial charge in [0.15, 0.2) is 5.16 Å². The van der Waals surface area contributed by atoms with E-state index in [0.29, 0.717) is 45.0 Å². The summed E-state index contributed by atoms with van der Waals surface area (Å²) in [7, 11) is 1.87. The molecule has 148 valence electrons. The van der Waals surface area contributed by atoms with Crippen LogP contribution in [0.25, 0.3) is 0 Å². The number of thioether (sulfide) groups is 1. The standard InChI is InChI=1S/C22H20ClN3O2S/c1-4-16-12-26(3)22(25-21(16)27)29-13-15-5-8-20(17(10-15)11-24)28-18-6-7-19(23)14(2)9-18/h5-10,12H,4,13H2,1-3H3. The maximum Gasteiger partial charge on any atom is 0.276 e. The second-order valence-corrected chi connectivity index (χ2v) is 7.91.